The molecule has 3 radical (unpaired) electrons. The summed E-state index contributed by atoms with van der Waals surface area (Å²) in [5, 5.41) is 0. The number of aliphatic imine (C=N–C) groups is 2. The van der Waals surface area contributed by atoms with Gasteiger partial charge in [0.15, 0.2) is 0 Å². The van der Waals surface area contributed by atoms with Gasteiger partial charge in [0.1, 0.15) is 0 Å². The van der Waals surface area contributed by atoms with Crippen LogP contribution in [0.15, 0.2) is 89.2 Å². The molecule has 3 rings (SSSR count). The Bertz CT molecular complexity index is 530. The summed E-state index contributed by atoms with van der Waals surface area (Å²) in [4.78, 5) is 7.65. The summed E-state index contributed by atoms with van der Waals surface area (Å²) in [6, 6.07) is 0. The number of hydrogen-bond donors (Lipinski definition) is 0. The van der Waals surface area contributed by atoms with Crippen molar-refractivity contribution in [3.8, 4) is 0 Å². The molecule has 0 fully saturated rings. The van der Waals surface area contributed by atoms with Gasteiger partial charge in [-0.2, -0.15) is 6.42 Å². The van der Waals surface area contributed by atoms with Crippen molar-refractivity contribution in [3.63, 3.8) is 0 Å². The third-order valence-corrected chi connectivity index (χ3v) is 2.73. The Hall–Kier alpha value is 0.312. The zero-order valence-electron chi connectivity index (χ0n) is 19.8. The van der Waals surface area contributed by atoms with Gasteiger partial charge in [-0.1, -0.05) is 42.9 Å². The maximum Gasteiger partial charge on any atom is 0.0227 e. The minimum absolute atomic E-state index is 0. The van der Waals surface area contributed by atoms with Crippen molar-refractivity contribution in [2.45, 2.75) is 44.9 Å². The van der Waals surface area contributed by atoms with Crippen LogP contribution in [-0.4, -0.2) is 12.4 Å². The monoisotopic (exact) mass is 667 g/mol. The molecule has 0 spiro atoms. The van der Waals surface area contributed by atoms with Crippen LogP contribution in [0, 0.1) is 39.8 Å². The fourth-order valence-corrected chi connectivity index (χ4v) is 1.37. The second-order valence-electron chi connectivity index (χ2n) is 5.28. The molecule has 0 bridgehead atoms. The summed E-state index contributed by atoms with van der Waals surface area (Å²) in [5.74, 6) is 0. The standard InChI is InChI=1S/C6H8.C5H7N.C5H6.C4H5N.C4H6.C4H4.3Y/c2*1-2-4-6-5-3-1;1-3-5-4-2;1-2-4-5-3-1;2*1-3-4-2;;;/h1-2,5-6H,3-4H2;2,4-5H,1,3H2;1-4H,5H2;1,3-4H,2H2;1,3H,2,4H2;1-4H;;;/q;;-2;;2*-2;;;. The molecule has 0 N–H and O–H groups in total. The Morgan fingerprint density at radius 3 is 1.15 bits per heavy atom. The van der Waals surface area contributed by atoms with E-state index >= 15 is 0 Å². The van der Waals surface area contributed by atoms with Crippen LogP contribution in [0.2, 0.25) is 0 Å². The summed E-state index contributed by atoms with van der Waals surface area (Å²) < 4.78 is 0. The summed E-state index contributed by atoms with van der Waals surface area (Å²) in [6.07, 6.45) is 34.3. The molecule has 1 aliphatic carbocycles. The van der Waals surface area contributed by atoms with E-state index in [1.165, 1.54) is 36.8 Å². The second kappa shape index (κ2) is 53.6. The topological polar surface area (TPSA) is 24.7 Å². The molecular formula is C28H36N2Y3-6. The maximum absolute atomic E-state index is 4.90. The smallest absolute Gasteiger partial charge is 0.0227 e. The summed E-state index contributed by atoms with van der Waals surface area (Å²) in [6.45, 7) is 27.5. The molecule has 2 nitrogen and oxygen atoms in total. The first kappa shape index (κ1) is 46.6. The molecule has 0 aromatic heterocycles. The molecule has 0 atom stereocenters. The molecule has 0 aromatic rings. The third kappa shape index (κ3) is 65.4. The van der Waals surface area contributed by atoms with Crippen molar-refractivity contribution >= 4 is 12.4 Å². The van der Waals surface area contributed by atoms with Crippen LogP contribution in [0.25, 0.3) is 0 Å². The van der Waals surface area contributed by atoms with E-state index in [9.17, 15) is 0 Å². The predicted molar refractivity (Wildman–Crippen MR) is 136 cm³/mol. The van der Waals surface area contributed by atoms with E-state index in [2.05, 4.69) is 47.3 Å². The molecule has 3 aliphatic rings. The van der Waals surface area contributed by atoms with E-state index in [1.807, 2.05) is 24.7 Å². The average molecular weight is 667 g/mol. The molecule has 0 amide bonds. The Labute approximate surface area is 280 Å². The van der Waals surface area contributed by atoms with Gasteiger partial charge in [0.05, 0.1) is 0 Å². The van der Waals surface area contributed by atoms with Gasteiger partial charge in [-0.3, -0.25) is 22.1 Å². The van der Waals surface area contributed by atoms with Crippen molar-refractivity contribution in [1.82, 2.24) is 0 Å². The Balaban J connectivity index is -0.0000000657. The van der Waals surface area contributed by atoms with E-state index in [0.29, 0.717) is 6.42 Å². The largest absolute Gasteiger partial charge is 0.520 e. The van der Waals surface area contributed by atoms with Gasteiger partial charge >= 0.3 is 0 Å². The van der Waals surface area contributed by atoms with Crippen molar-refractivity contribution in [1.29, 1.82) is 0 Å². The zero-order valence-corrected chi connectivity index (χ0v) is 28.3. The van der Waals surface area contributed by atoms with Gasteiger partial charge in [0.25, 0.3) is 0 Å². The predicted octanol–water partition coefficient (Wildman–Crippen LogP) is 7.74. The molecule has 5 heteroatoms. The molecule has 33 heavy (non-hydrogen) atoms. The van der Waals surface area contributed by atoms with Crippen LogP contribution in [0.4, 0.5) is 0 Å². The average Bonchev–Trinajstić information content (AvgIpc) is 3.43. The Kier molecular flexibility index (Phi) is 75.7. The van der Waals surface area contributed by atoms with Crippen LogP contribution in [0.5, 0.6) is 0 Å². The van der Waals surface area contributed by atoms with E-state index in [-0.39, 0.29) is 98.1 Å². The number of hydrogen-bond acceptors (Lipinski definition) is 2. The first-order valence-electron chi connectivity index (χ1n) is 9.86. The molecule has 0 saturated heterocycles. The van der Waals surface area contributed by atoms with Gasteiger partial charge in [-0.05, 0) is 25.7 Å². The molecule has 173 valence electrons. The summed E-state index contributed by atoms with van der Waals surface area (Å²) in [7, 11) is 0. The first-order chi connectivity index (χ1) is 14.7. The van der Waals surface area contributed by atoms with Crippen molar-refractivity contribution in [2.24, 2.45) is 9.98 Å². The van der Waals surface area contributed by atoms with Gasteiger partial charge < -0.3 is 58.0 Å². The maximum atomic E-state index is 4.90. The van der Waals surface area contributed by atoms with Crippen molar-refractivity contribution in [2.75, 3.05) is 0 Å². The van der Waals surface area contributed by atoms with Gasteiger partial charge in [0.2, 0.25) is 0 Å². The van der Waals surface area contributed by atoms with Crippen LogP contribution in [-0.2, 0) is 98.1 Å². The van der Waals surface area contributed by atoms with E-state index in [4.69, 9.17) is 32.9 Å². The van der Waals surface area contributed by atoms with Crippen LogP contribution in [0.3, 0.4) is 0 Å². The normalized spacial score (nSPS) is 11.8. The quantitative estimate of drug-likeness (QED) is 0.167. The fourth-order valence-electron chi connectivity index (χ4n) is 1.37. The van der Waals surface area contributed by atoms with Gasteiger partial charge in [-0.25, -0.2) is 0 Å². The van der Waals surface area contributed by atoms with Crippen molar-refractivity contribution in [3.05, 3.63) is 119 Å². The van der Waals surface area contributed by atoms with Crippen LogP contribution in [0.1, 0.15) is 44.9 Å². The minimum atomic E-state index is 0. The van der Waals surface area contributed by atoms with Gasteiger partial charge in [0, 0.05) is 129 Å². The molecule has 2 heterocycles. The van der Waals surface area contributed by atoms with E-state index < -0.39 is 0 Å². The Morgan fingerprint density at radius 2 is 1.06 bits per heavy atom. The fraction of sp³-hybridized carbons (Fsp3) is 0.250. The number of nitrogens with zero attached hydrogens (tertiary/aromatic N) is 2. The summed E-state index contributed by atoms with van der Waals surface area (Å²) >= 11 is 0. The van der Waals surface area contributed by atoms with Gasteiger partial charge in [-0.15, -0.1) is 0 Å². The van der Waals surface area contributed by atoms with Crippen LogP contribution >= 0.6 is 0 Å². The van der Waals surface area contributed by atoms with E-state index in [0.717, 1.165) is 32.1 Å². The summed E-state index contributed by atoms with van der Waals surface area (Å²) in [5.41, 5.74) is 0. The Morgan fingerprint density at radius 1 is 0.606 bits per heavy atom. The molecule has 0 saturated carbocycles. The first-order valence-corrected chi connectivity index (χ1v) is 9.86. The molecule has 0 aromatic carbocycles. The van der Waals surface area contributed by atoms with Crippen molar-refractivity contribution < 1.29 is 98.1 Å². The number of allylic oxidation sites excluding steroid dienone is 11. The molecule has 0 unspecified atom stereocenters. The molecule has 2 aliphatic heterocycles. The van der Waals surface area contributed by atoms with Crippen LogP contribution < -0.4 is 0 Å². The SMILES string of the molecule is C1=CCC=CC1.C1=CN=CC1.C1=CN=CCC1.[CH-]=CC=[CH-].[CH-]=CCC=[CH-].[CH-]=CC[CH2-].[Y].[Y].[Y]. The minimum Gasteiger partial charge on any atom is -0.520 e. The molecular weight excluding hydrogens is 631 g/mol. The third-order valence-electron chi connectivity index (χ3n) is 2.73. The second-order valence-corrected chi connectivity index (χ2v) is 5.28. The zero-order chi connectivity index (χ0) is 23.0. The number of rotatable bonds is 4. The van der Waals surface area contributed by atoms with E-state index in [1.54, 1.807) is 6.20 Å².